The maximum Gasteiger partial charge on any atom is 0.573 e. The second kappa shape index (κ2) is 13.8. The number of aliphatic hydroxyl groups excluding tert-OH is 1. The first kappa shape index (κ1) is 33.4. The number of benzene rings is 3. The number of aromatic nitrogens is 3. The Morgan fingerprint density at radius 2 is 1.79 bits per heavy atom. The molecular formula is C31H30F3N7O5S. The van der Waals surface area contributed by atoms with Gasteiger partial charge < -0.3 is 19.5 Å². The zero-order valence-corrected chi connectivity index (χ0v) is 26.4. The van der Waals surface area contributed by atoms with Crippen LogP contribution in [0.2, 0.25) is 0 Å². The van der Waals surface area contributed by atoms with Crippen molar-refractivity contribution in [1.82, 2.24) is 25.0 Å². The standard InChI is InChI=1S/C31H30F3N7O5S/c1-18-15-24(45-4)13-14-25(18)41-26(43)16-47-30(41)37-29(44)36-28(39(3)19(2)42)21-7-5-20(6-8-21)27-35-17-40(38-27)22-9-11-23(12-10-22)46-31(32,33)34/h5-15,17,28-29,36,44H,16H2,1-4H3/b37-30-. The van der Waals surface area contributed by atoms with Crippen LogP contribution in [-0.4, -0.2) is 74.4 Å². The van der Waals surface area contributed by atoms with E-state index in [-0.39, 0.29) is 23.3 Å². The number of alkyl halides is 3. The van der Waals surface area contributed by atoms with E-state index in [4.69, 9.17) is 4.74 Å². The SMILES string of the molecule is COc1ccc(N2C(=O)CS/C2=N\C(O)NC(c2ccc(-c3ncn(-c4ccc(OC(F)(F)F)cc4)n3)cc2)N(C)C(C)=O)c(C)c1. The van der Waals surface area contributed by atoms with E-state index in [0.717, 1.165) is 5.56 Å². The number of amidine groups is 1. The Hall–Kier alpha value is -4.93. The van der Waals surface area contributed by atoms with Crippen LogP contribution in [0.5, 0.6) is 11.5 Å². The summed E-state index contributed by atoms with van der Waals surface area (Å²) in [4.78, 5) is 36.7. The summed E-state index contributed by atoms with van der Waals surface area (Å²) in [7, 11) is 3.13. The number of hydrogen-bond donors (Lipinski definition) is 2. The van der Waals surface area contributed by atoms with Crippen LogP contribution in [0.4, 0.5) is 18.9 Å². The first-order valence-corrected chi connectivity index (χ1v) is 15.1. The molecule has 5 rings (SSSR count). The number of thioether (sulfide) groups is 1. The molecule has 0 radical (unpaired) electrons. The van der Waals surface area contributed by atoms with Crippen LogP contribution in [0.1, 0.15) is 24.2 Å². The van der Waals surface area contributed by atoms with Crippen LogP contribution in [0.15, 0.2) is 78.0 Å². The Morgan fingerprint density at radius 3 is 2.40 bits per heavy atom. The Balaban J connectivity index is 1.33. The minimum Gasteiger partial charge on any atom is -0.497 e. The van der Waals surface area contributed by atoms with Gasteiger partial charge in [0.25, 0.3) is 0 Å². The first-order chi connectivity index (χ1) is 22.3. The lowest BCUT2D eigenvalue weighted by atomic mass is 10.1. The largest absolute Gasteiger partial charge is 0.573 e. The lowest BCUT2D eigenvalue weighted by Crippen LogP contribution is -2.43. The third-order valence-corrected chi connectivity index (χ3v) is 8.08. The number of anilines is 1. The van der Waals surface area contributed by atoms with E-state index in [0.29, 0.717) is 39.2 Å². The van der Waals surface area contributed by atoms with Gasteiger partial charge in [-0.2, -0.15) is 0 Å². The summed E-state index contributed by atoms with van der Waals surface area (Å²) in [5.74, 6) is 0.318. The Morgan fingerprint density at radius 1 is 1.11 bits per heavy atom. The van der Waals surface area contributed by atoms with Crippen LogP contribution >= 0.6 is 11.8 Å². The zero-order valence-electron chi connectivity index (χ0n) is 25.6. The quantitative estimate of drug-likeness (QED) is 0.232. The number of aliphatic imine (C=N–C) groups is 1. The predicted molar refractivity (Wildman–Crippen MR) is 169 cm³/mol. The number of aliphatic hydroxyl groups is 1. The average molecular weight is 670 g/mol. The molecule has 0 aliphatic carbocycles. The molecule has 3 aromatic carbocycles. The van der Waals surface area contributed by atoms with Crippen molar-refractivity contribution in [2.24, 2.45) is 4.99 Å². The lowest BCUT2D eigenvalue weighted by Gasteiger charge is -2.30. The van der Waals surface area contributed by atoms with Crippen LogP contribution in [0.25, 0.3) is 17.1 Å². The molecule has 4 aromatic rings. The van der Waals surface area contributed by atoms with Crippen molar-refractivity contribution in [2.45, 2.75) is 32.7 Å². The summed E-state index contributed by atoms with van der Waals surface area (Å²) in [6.07, 6.45) is -5.65. The van der Waals surface area contributed by atoms with Gasteiger partial charge in [0, 0.05) is 19.5 Å². The Bertz CT molecular complexity index is 1780. The van der Waals surface area contributed by atoms with Gasteiger partial charge in [-0.05, 0) is 60.5 Å². The Labute approximate surface area is 271 Å². The van der Waals surface area contributed by atoms with Crippen LogP contribution in [0, 0.1) is 6.92 Å². The van der Waals surface area contributed by atoms with Gasteiger partial charge >= 0.3 is 6.36 Å². The average Bonchev–Trinajstić information content (AvgIpc) is 3.66. The van der Waals surface area contributed by atoms with Crippen LogP contribution < -0.4 is 19.7 Å². The third-order valence-electron chi connectivity index (χ3n) is 7.15. The molecule has 1 aromatic heterocycles. The van der Waals surface area contributed by atoms with Crippen molar-refractivity contribution in [3.05, 3.63) is 84.2 Å². The number of amides is 2. The number of ether oxygens (including phenoxy) is 2. The molecule has 0 saturated carbocycles. The molecule has 2 N–H and O–H groups in total. The van der Waals surface area contributed by atoms with Crippen molar-refractivity contribution in [1.29, 1.82) is 0 Å². The number of rotatable bonds is 10. The van der Waals surface area contributed by atoms with E-state index in [9.17, 15) is 27.9 Å². The molecule has 12 nitrogen and oxygen atoms in total. The number of halogens is 3. The van der Waals surface area contributed by atoms with Gasteiger partial charge in [-0.25, -0.2) is 20.0 Å². The number of methoxy groups -OCH3 is 1. The maximum absolute atomic E-state index is 12.8. The van der Waals surface area contributed by atoms with E-state index in [1.807, 2.05) is 6.92 Å². The van der Waals surface area contributed by atoms with E-state index >= 15 is 0 Å². The topological polar surface area (TPSA) is 134 Å². The van der Waals surface area contributed by atoms with Gasteiger partial charge in [0.2, 0.25) is 18.2 Å². The number of nitrogens with one attached hydrogen (secondary N) is 1. The number of nitrogens with zero attached hydrogens (tertiary/aromatic N) is 6. The number of aryl methyl sites for hydroxylation is 1. The normalized spacial score (nSPS) is 15.5. The molecule has 1 fully saturated rings. The zero-order chi connectivity index (χ0) is 33.9. The van der Waals surface area contributed by atoms with Gasteiger partial charge in [-0.1, -0.05) is 36.0 Å². The highest BCUT2D eigenvalue weighted by molar-refractivity contribution is 8.15. The molecule has 2 unspecified atom stereocenters. The van der Waals surface area contributed by atoms with Crippen molar-refractivity contribution in [3.63, 3.8) is 0 Å². The number of hydrogen-bond acceptors (Lipinski definition) is 10. The predicted octanol–water partition coefficient (Wildman–Crippen LogP) is 4.63. The second-order valence-electron chi connectivity index (χ2n) is 10.3. The van der Waals surface area contributed by atoms with E-state index in [1.54, 1.807) is 56.6 Å². The fraction of sp³-hybridized carbons (Fsp3) is 0.258. The highest BCUT2D eigenvalue weighted by atomic mass is 32.2. The number of carbonyl (C=O) groups is 2. The Kier molecular flexibility index (Phi) is 9.83. The van der Waals surface area contributed by atoms with Gasteiger partial charge in [-0.15, -0.1) is 18.3 Å². The summed E-state index contributed by atoms with van der Waals surface area (Å²) in [6, 6.07) is 17.4. The monoisotopic (exact) mass is 669 g/mol. The molecule has 2 atom stereocenters. The molecule has 2 amide bonds. The van der Waals surface area contributed by atoms with Gasteiger partial charge in [0.1, 0.15) is 24.0 Å². The second-order valence-corrected chi connectivity index (χ2v) is 11.3. The van der Waals surface area contributed by atoms with Crippen molar-refractivity contribution >= 4 is 34.4 Å². The van der Waals surface area contributed by atoms with Gasteiger partial charge in [-0.3, -0.25) is 14.5 Å². The molecule has 1 aliphatic rings. The summed E-state index contributed by atoms with van der Waals surface area (Å²) < 4.78 is 48.0. The molecule has 47 heavy (non-hydrogen) atoms. The van der Waals surface area contributed by atoms with Gasteiger partial charge in [0.15, 0.2) is 11.0 Å². The van der Waals surface area contributed by atoms with E-state index in [2.05, 4.69) is 25.1 Å². The molecule has 0 spiro atoms. The molecule has 2 heterocycles. The summed E-state index contributed by atoms with van der Waals surface area (Å²) in [5.41, 5.74) is 3.12. The molecule has 246 valence electrons. The molecule has 0 bridgehead atoms. The highest BCUT2D eigenvalue weighted by Gasteiger charge is 2.33. The van der Waals surface area contributed by atoms with Crippen LogP contribution in [0.3, 0.4) is 0 Å². The summed E-state index contributed by atoms with van der Waals surface area (Å²) in [6.45, 7) is 3.23. The molecular weight excluding hydrogens is 639 g/mol. The molecule has 1 aliphatic heterocycles. The summed E-state index contributed by atoms with van der Waals surface area (Å²) in [5, 5.41) is 18.7. The maximum atomic E-state index is 12.8. The van der Waals surface area contributed by atoms with Crippen molar-refractivity contribution in [2.75, 3.05) is 24.8 Å². The fourth-order valence-corrected chi connectivity index (χ4v) is 5.62. The number of carbonyl (C=O) groups excluding carboxylic acids is 2. The smallest absolute Gasteiger partial charge is 0.497 e. The summed E-state index contributed by atoms with van der Waals surface area (Å²) >= 11 is 1.19. The lowest BCUT2D eigenvalue weighted by molar-refractivity contribution is -0.274. The van der Waals surface area contributed by atoms with Crippen LogP contribution in [-0.2, 0) is 9.59 Å². The van der Waals surface area contributed by atoms with Gasteiger partial charge in [0.05, 0.1) is 24.2 Å². The van der Waals surface area contributed by atoms with Crippen molar-refractivity contribution in [3.8, 4) is 28.6 Å². The third kappa shape index (κ3) is 7.90. The van der Waals surface area contributed by atoms with E-state index < -0.39 is 18.9 Å². The van der Waals surface area contributed by atoms with Crippen molar-refractivity contribution < 1.29 is 37.3 Å². The minimum atomic E-state index is -4.79. The molecule has 1 saturated heterocycles. The first-order valence-electron chi connectivity index (χ1n) is 14.1. The van der Waals surface area contributed by atoms with E-state index in [1.165, 1.54) is 63.8 Å². The minimum absolute atomic E-state index is 0.150. The fourth-order valence-electron chi connectivity index (χ4n) is 4.73. The molecule has 16 heteroatoms. The highest BCUT2D eigenvalue weighted by Crippen LogP contribution is 2.32.